The van der Waals surface area contributed by atoms with Gasteiger partial charge in [-0.25, -0.2) is 0 Å². The van der Waals surface area contributed by atoms with Gasteiger partial charge in [-0.3, -0.25) is 0 Å². The molecule has 0 amide bonds. The molecule has 0 bridgehead atoms. The van der Waals surface area contributed by atoms with Crippen molar-refractivity contribution in [1.82, 2.24) is 0 Å². The topological polar surface area (TPSA) is 0 Å². The number of hydrogen-bond acceptors (Lipinski definition) is 1. The first-order chi connectivity index (χ1) is 15.8. The Morgan fingerprint density at radius 2 is 1.47 bits per heavy atom. The molecule has 0 fully saturated rings. The van der Waals surface area contributed by atoms with E-state index >= 15 is 0 Å². The molecule has 172 valence electrons. The number of benzene rings is 2. The van der Waals surface area contributed by atoms with Crippen LogP contribution in [0.4, 0.5) is 0 Å². The van der Waals surface area contributed by atoms with Crippen molar-refractivity contribution in [1.29, 1.82) is 0 Å². The second kappa shape index (κ2) is 12.0. The van der Waals surface area contributed by atoms with Crippen LogP contribution < -0.4 is 0 Å². The van der Waals surface area contributed by atoms with Crippen LogP contribution in [-0.4, -0.2) is 0 Å². The fourth-order valence-electron chi connectivity index (χ4n) is 5.58. The number of thiophene rings is 1. The number of unbranched alkanes of at least 4 members (excludes halogenated alkanes) is 8. The van der Waals surface area contributed by atoms with Gasteiger partial charge in [-0.2, -0.15) is 0 Å². The van der Waals surface area contributed by atoms with Crippen molar-refractivity contribution in [3.8, 4) is 10.4 Å². The molecule has 3 aromatic rings. The van der Waals surface area contributed by atoms with Gasteiger partial charge in [0.05, 0.1) is 0 Å². The first-order valence-electron chi connectivity index (χ1n) is 13.4. The summed E-state index contributed by atoms with van der Waals surface area (Å²) < 4.78 is 1.44. The van der Waals surface area contributed by atoms with E-state index in [0.717, 1.165) is 12.3 Å². The smallest absolute Gasteiger partial charge is 0.0393 e. The predicted molar refractivity (Wildman–Crippen MR) is 144 cm³/mol. The predicted octanol–water partition coefficient (Wildman–Crippen LogP) is 10.4. The summed E-state index contributed by atoms with van der Waals surface area (Å²) >= 11 is 1.98. The third-order valence-corrected chi connectivity index (χ3v) is 8.68. The Labute approximate surface area is 200 Å². The Hall–Kier alpha value is -1.60. The third-order valence-electron chi connectivity index (χ3n) is 7.44. The Bertz CT molecular complexity index is 979. The standard InChI is InChI=1S/C31H42S/c1-3-5-7-9-10-12-16-24(15-11-8-6-4-2)21-25-19-20-27-26(22-25)23-29-28-17-13-14-18-30(28)32-31(27)29/h13-14,17-20,22,24H,3-12,15-16,21,23H2,1-2H3. The molecule has 1 aromatic heterocycles. The molecule has 0 aliphatic heterocycles. The van der Waals surface area contributed by atoms with Crippen molar-refractivity contribution in [2.24, 2.45) is 5.92 Å². The second-order valence-corrected chi connectivity index (χ2v) is 11.1. The number of rotatable bonds is 14. The maximum absolute atomic E-state index is 2.55. The van der Waals surface area contributed by atoms with E-state index in [0.29, 0.717) is 0 Å². The lowest BCUT2D eigenvalue weighted by Crippen LogP contribution is -2.06. The SMILES string of the molecule is CCCCCCCCC(CCCCCC)Cc1ccc2c(c1)Cc1c-2sc2ccccc12. The van der Waals surface area contributed by atoms with E-state index in [1.165, 1.54) is 104 Å². The summed E-state index contributed by atoms with van der Waals surface area (Å²) in [6.07, 6.45) is 19.3. The molecule has 32 heavy (non-hydrogen) atoms. The van der Waals surface area contributed by atoms with Crippen LogP contribution in [0, 0.1) is 5.92 Å². The van der Waals surface area contributed by atoms with Gasteiger partial charge in [0.25, 0.3) is 0 Å². The van der Waals surface area contributed by atoms with Crippen LogP contribution in [0.3, 0.4) is 0 Å². The molecule has 4 rings (SSSR count). The molecule has 1 heterocycles. The molecule has 0 spiro atoms. The summed E-state index contributed by atoms with van der Waals surface area (Å²) in [4.78, 5) is 1.52. The van der Waals surface area contributed by atoms with Crippen LogP contribution in [0.1, 0.15) is 108 Å². The summed E-state index contributed by atoms with van der Waals surface area (Å²) in [6.45, 7) is 4.63. The van der Waals surface area contributed by atoms with E-state index in [1.807, 2.05) is 11.3 Å². The van der Waals surface area contributed by atoms with Crippen molar-refractivity contribution < 1.29 is 0 Å². The Morgan fingerprint density at radius 1 is 0.781 bits per heavy atom. The summed E-state index contributed by atoms with van der Waals surface area (Å²) in [5, 5.41) is 1.47. The molecule has 2 aromatic carbocycles. The van der Waals surface area contributed by atoms with Crippen LogP contribution in [0.25, 0.3) is 20.5 Å². The molecular weight excluding hydrogens is 404 g/mol. The molecule has 0 saturated carbocycles. The van der Waals surface area contributed by atoms with Crippen molar-refractivity contribution in [3.05, 3.63) is 59.2 Å². The minimum absolute atomic E-state index is 0.868. The van der Waals surface area contributed by atoms with Crippen molar-refractivity contribution in [3.63, 3.8) is 0 Å². The van der Waals surface area contributed by atoms with Crippen LogP contribution in [0.2, 0.25) is 0 Å². The fourth-order valence-corrected chi connectivity index (χ4v) is 6.86. The van der Waals surface area contributed by atoms with Crippen molar-refractivity contribution in [2.45, 2.75) is 104 Å². The van der Waals surface area contributed by atoms with Gasteiger partial charge in [0, 0.05) is 16.0 Å². The molecule has 1 atom stereocenters. The summed E-state index contributed by atoms with van der Waals surface area (Å²) in [5.74, 6) is 0.868. The monoisotopic (exact) mass is 446 g/mol. The van der Waals surface area contributed by atoms with Gasteiger partial charge in [0.15, 0.2) is 0 Å². The van der Waals surface area contributed by atoms with Gasteiger partial charge < -0.3 is 0 Å². The van der Waals surface area contributed by atoms with Gasteiger partial charge in [-0.1, -0.05) is 127 Å². The van der Waals surface area contributed by atoms with E-state index in [1.54, 1.807) is 16.7 Å². The molecular formula is C31H42S. The second-order valence-electron chi connectivity index (χ2n) is 10.1. The molecule has 1 aliphatic carbocycles. The normalized spacial score (nSPS) is 13.4. The van der Waals surface area contributed by atoms with Crippen molar-refractivity contribution in [2.75, 3.05) is 0 Å². The minimum Gasteiger partial charge on any atom is -0.135 e. The minimum atomic E-state index is 0.868. The van der Waals surface area contributed by atoms with Crippen molar-refractivity contribution >= 4 is 21.4 Å². The van der Waals surface area contributed by atoms with Crippen LogP contribution >= 0.6 is 11.3 Å². The van der Waals surface area contributed by atoms with Crippen LogP contribution in [0.5, 0.6) is 0 Å². The largest absolute Gasteiger partial charge is 0.135 e. The quantitative estimate of drug-likeness (QED) is 0.169. The molecule has 0 N–H and O–H groups in total. The van der Waals surface area contributed by atoms with Gasteiger partial charge in [-0.15, -0.1) is 11.3 Å². The highest BCUT2D eigenvalue weighted by molar-refractivity contribution is 7.22. The van der Waals surface area contributed by atoms with Crippen LogP contribution in [0.15, 0.2) is 42.5 Å². The maximum atomic E-state index is 2.55. The molecule has 0 nitrogen and oxygen atoms in total. The molecule has 1 unspecified atom stereocenters. The maximum Gasteiger partial charge on any atom is 0.0393 e. The Balaban J connectivity index is 1.39. The highest BCUT2D eigenvalue weighted by Gasteiger charge is 2.23. The number of fused-ring (bicyclic) bond motifs is 5. The average Bonchev–Trinajstić information content (AvgIpc) is 3.34. The molecule has 1 aliphatic rings. The zero-order chi connectivity index (χ0) is 22.2. The summed E-state index contributed by atoms with van der Waals surface area (Å²) in [6, 6.07) is 16.4. The van der Waals surface area contributed by atoms with Gasteiger partial charge in [-0.05, 0) is 46.0 Å². The van der Waals surface area contributed by atoms with E-state index in [9.17, 15) is 0 Å². The van der Waals surface area contributed by atoms with Gasteiger partial charge >= 0.3 is 0 Å². The summed E-state index contributed by atoms with van der Waals surface area (Å²) in [7, 11) is 0. The highest BCUT2D eigenvalue weighted by atomic mass is 32.1. The van der Waals surface area contributed by atoms with E-state index < -0.39 is 0 Å². The molecule has 0 radical (unpaired) electrons. The fraction of sp³-hybridized carbons (Fsp3) is 0.548. The zero-order valence-corrected chi connectivity index (χ0v) is 21.2. The highest BCUT2D eigenvalue weighted by Crippen LogP contribution is 2.46. The third kappa shape index (κ3) is 5.84. The lowest BCUT2D eigenvalue weighted by Gasteiger charge is -2.18. The lowest BCUT2D eigenvalue weighted by molar-refractivity contribution is 0.402. The average molecular weight is 447 g/mol. The Morgan fingerprint density at radius 3 is 2.25 bits per heavy atom. The van der Waals surface area contributed by atoms with E-state index in [2.05, 4.69) is 56.3 Å². The number of hydrogen-bond donors (Lipinski definition) is 0. The van der Waals surface area contributed by atoms with E-state index in [-0.39, 0.29) is 0 Å². The Kier molecular flexibility index (Phi) is 8.85. The zero-order valence-electron chi connectivity index (χ0n) is 20.4. The molecule has 1 heteroatoms. The first-order valence-corrected chi connectivity index (χ1v) is 14.2. The first kappa shape index (κ1) is 23.6. The lowest BCUT2D eigenvalue weighted by atomic mass is 9.88. The van der Waals surface area contributed by atoms with E-state index in [4.69, 9.17) is 0 Å². The van der Waals surface area contributed by atoms with Gasteiger partial charge in [0.1, 0.15) is 0 Å². The van der Waals surface area contributed by atoms with Gasteiger partial charge in [0.2, 0.25) is 0 Å². The summed E-state index contributed by atoms with van der Waals surface area (Å²) in [5.41, 5.74) is 6.22. The molecule has 0 saturated heterocycles. The van der Waals surface area contributed by atoms with Crippen LogP contribution in [-0.2, 0) is 12.8 Å².